The van der Waals surface area contributed by atoms with E-state index >= 15 is 0 Å². The Bertz CT molecular complexity index is 2570. The number of ether oxygens (including phenoxy) is 8. The van der Waals surface area contributed by atoms with Gasteiger partial charge in [0.05, 0.1) is 13.2 Å². The highest BCUT2D eigenvalue weighted by atomic mass is 31.2. The molecule has 0 bridgehead atoms. The van der Waals surface area contributed by atoms with Crippen molar-refractivity contribution < 1.29 is 122 Å². The van der Waals surface area contributed by atoms with E-state index < -0.39 is 162 Å². The Hall–Kier alpha value is -2.79. The van der Waals surface area contributed by atoms with E-state index in [4.69, 9.17) is 46.9 Å². The Morgan fingerprint density at radius 1 is 0.347 bits per heavy atom. The number of aliphatic hydroxyl groups excluding tert-OH is 9. The van der Waals surface area contributed by atoms with Gasteiger partial charge in [0, 0.05) is 25.7 Å². The first-order valence-electron chi connectivity index (χ1n) is 49.3. The van der Waals surface area contributed by atoms with Crippen LogP contribution in [0.5, 0.6) is 0 Å². The predicted octanol–water partition coefficient (Wildman–Crippen LogP) is 19.0. The van der Waals surface area contributed by atoms with Crippen LogP contribution in [0.25, 0.3) is 0 Å². The van der Waals surface area contributed by atoms with Crippen LogP contribution >= 0.6 is 7.82 Å². The highest BCUT2D eigenvalue weighted by molar-refractivity contribution is 7.47. The molecule has 3 rings (SSSR count). The molecular formula is C95H177O25P. The Labute approximate surface area is 731 Å². The summed E-state index contributed by atoms with van der Waals surface area (Å²) in [6, 6.07) is 0. The second-order valence-electron chi connectivity index (χ2n) is 35.6. The number of rotatable bonds is 80. The monoisotopic (exact) mass is 1750 g/mol. The van der Waals surface area contributed by atoms with Crippen molar-refractivity contribution in [3.05, 3.63) is 12.2 Å². The molecule has 26 heteroatoms. The van der Waals surface area contributed by atoms with Gasteiger partial charge in [0.2, 0.25) is 0 Å². The van der Waals surface area contributed by atoms with Gasteiger partial charge < -0.3 is 88.7 Å². The zero-order chi connectivity index (χ0) is 88.4. The fraction of sp³-hybridized carbons (Fsp3) is 0.937. The maximum absolute atomic E-state index is 14.9. The lowest BCUT2D eigenvalue weighted by molar-refractivity contribution is -0.360. The molecule has 19 unspecified atom stereocenters. The van der Waals surface area contributed by atoms with Gasteiger partial charge in [-0.25, -0.2) is 4.57 Å². The van der Waals surface area contributed by atoms with E-state index in [-0.39, 0.29) is 25.7 Å². The van der Waals surface area contributed by atoms with Crippen LogP contribution in [0.2, 0.25) is 0 Å². The van der Waals surface area contributed by atoms with E-state index in [0.29, 0.717) is 38.0 Å². The van der Waals surface area contributed by atoms with Crippen LogP contribution in [-0.4, -0.2) is 205 Å². The fourth-order valence-corrected chi connectivity index (χ4v) is 17.5. The molecule has 0 aromatic carbocycles. The molecule has 19 atom stereocenters. The summed E-state index contributed by atoms with van der Waals surface area (Å²) in [5.41, 5.74) is 0. The molecule has 25 nitrogen and oxygen atoms in total. The normalized spacial score (nSPS) is 24.9. The van der Waals surface area contributed by atoms with Crippen molar-refractivity contribution in [1.82, 2.24) is 0 Å². The summed E-state index contributed by atoms with van der Waals surface area (Å²) < 4.78 is 73.7. The first-order chi connectivity index (χ1) is 58.6. The number of phosphoric acid groups is 1. The number of esters is 4. The van der Waals surface area contributed by atoms with Gasteiger partial charge in [-0.3, -0.25) is 28.2 Å². The van der Waals surface area contributed by atoms with E-state index in [9.17, 15) is 74.6 Å². The summed E-state index contributed by atoms with van der Waals surface area (Å²) >= 11 is 0. The Kier molecular flexibility index (Phi) is 67.8. The predicted molar refractivity (Wildman–Crippen MR) is 472 cm³/mol. The highest BCUT2D eigenvalue weighted by Gasteiger charge is 2.60. The van der Waals surface area contributed by atoms with E-state index in [1.165, 1.54) is 193 Å². The van der Waals surface area contributed by atoms with Gasteiger partial charge in [0.1, 0.15) is 92.6 Å². The number of unbranched alkanes of at least 4 members (excludes halogenated alkanes) is 50. The van der Waals surface area contributed by atoms with Gasteiger partial charge >= 0.3 is 31.7 Å². The lowest BCUT2D eigenvalue weighted by Gasteiger charge is -2.50. The van der Waals surface area contributed by atoms with Gasteiger partial charge in [-0.05, 0) is 57.3 Å². The largest absolute Gasteiger partial charge is 0.472 e. The van der Waals surface area contributed by atoms with Crippen LogP contribution in [0.1, 0.15) is 433 Å². The van der Waals surface area contributed by atoms with E-state index in [0.717, 1.165) is 148 Å². The van der Waals surface area contributed by atoms with Crippen molar-refractivity contribution >= 4 is 31.7 Å². The summed E-state index contributed by atoms with van der Waals surface area (Å²) in [5.74, 6) is -2.32. The number of phosphoric ester groups is 1. The molecule has 3 fully saturated rings. The maximum atomic E-state index is 14.9. The molecule has 0 aromatic rings. The zero-order valence-electron chi connectivity index (χ0n) is 76.3. The second-order valence-corrected chi connectivity index (χ2v) is 37.0. The third kappa shape index (κ3) is 53.1. The molecule has 121 heavy (non-hydrogen) atoms. The van der Waals surface area contributed by atoms with Crippen molar-refractivity contribution in [2.24, 2.45) is 5.92 Å². The number of aliphatic hydroxyl groups is 9. The number of hydrogen-bond donors (Lipinski definition) is 10. The van der Waals surface area contributed by atoms with Crippen molar-refractivity contribution in [2.75, 3.05) is 26.4 Å². The minimum Gasteiger partial charge on any atom is -0.463 e. The zero-order valence-corrected chi connectivity index (χ0v) is 77.2. The Morgan fingerprint density at radius 3 is 1.07 bits per heavy atom. The van der Waals surface area contributed by atoms with Gasteiger partial charge in [0.15, 0.2) is 24.8 Å². The van der Waals surface area contributed by atoms with E-state index in [1.54, 1.807) is 0 Å². The van der Waals surface area contributed by atoms with Crippen LogP contribution in [-0.2, 0) is 70.7 Å². The maximum Gasteiger partial charge on any atom is 0.472 e. The van der Waals surface area contributed by atoms with Crippen LogP contribution in [0.15, 0.2) is 12.2 Å². The molecule has 2 saturated heterocycles. The molecule has 1 saturated carbocycles. The summed E-state index contributed by atoms with van der Waals surface area (Å²) in [4.78, 5) is 66.7. The molecule has 0 spiro atoms. The summed E-state index contributed by atoms with van der Waals surface area (Å²) in [5, 5.41) is 103. The van der Waals surface area contributed by atoms with Crippen molar-refractivity contribution in [2.45, 2.75) is 537 Å². The minimum atomic E-state index is -5.81. The van der Waals surface area contributed by atoms with Crippen LogP contribution in [0.4, 0.5) is 0 Å². The molecule has 10 N–H and O–H groups in total. The fourth-order valence-electron chi connectivity index (χ4n) is 16.5. The van der Waals surface area contributed by atoms with E-state index in [1.807, 2.05) is 0 Å². The number of carbonyl (C=O) groups excluding carboxylic acids is 4. The van der Waals surface area contributed by atoms with Crippen LogP contribution < -0.4 is 0 Å². The summed E-state index contributed by atoms with van der Waals surface area (Å²) in [6.45, 7) is 7.93. The molecule has 0 radical (unpaired) electrons. The quantitative estimate of drug-likeness (QED) is 0.00889. The van der Waals surface area contributed by atoms with Crippen molar-refractivity contribution in [1.29, 1.82) is 0 Å². The Morgan fingerprint density at radius 2 is 0.669 bits per heavy atom. The Balaban J connectivity index is 1.91. The second kappa shape index (κ2) is 73.0. The lowest BCUT2D eigenvalue weighted by atomic mass is 9.84. The molecule has 2 aliphatic heterocycles. The van der Waals surface area contributed by atoms with Crippen molar-refractivity contribution in [3.8, 4) is 0 Å². The van der Waals surface area contributed by atoms with E-state index in [2.05, 4.69) is 46.8 Å². The smallest absolute Gasteiger partial charge is 0.463 e. The number of hydrogen-bond acceptors (Lipinski definition) is 24. The minimum absolute atomic E-state index is 0.0106. The standard InChI is InChI=1S/C95H177O25P/c1-6-10-14-18-22-25-28-31-34-37-40-43-46-49-56-62-68-80(99)114-75(71-111-78(97)66-60-54-47-44-41-38-35-32-29-26-23-19-15-11-7-2)72-113-121(109,110)120-93-91(118-94-88(107)84(103)82(101)76(70-96)115-94)87(106)86(105)90(117-81(100)69-63-57-51-50-53-59-65-74(5)64-58-52-21-17-13-9-4)92(93)119-95-89(108)85(104)83(102)77(116-95)73-112-79(98)67-61-55-48-45-42-39-36-33-30-27-24-20-16-12-8-3/h27,30,74-77,82-96,101-108H,6-26,28-29,31-73H2,1-5H3,(H,109,110)/b30-27-. The number of carbonyl (C=O) groups is 4. The summed E-state index contributed by atoms with van der Waals surface area (Å²) in [7, 11) is -5.81. The average Bonchev–Trinajstić information content (AvgIpc) is 0.753. The summed E-state index contributed by atoms with van der Waals surface area (Å²) in [6.07, 6.45) is 31.8. The third-order valence-corrected chi connectivity index (χ3v) is 25.4. The first-order valence-corrected chi connectivity index (χ1v) is 50.8. The lowest BCUT2D eigenvalue weighted by Crippen LogP contribution is -2.70. The molecule has 0 aromatic heterocycles. The highest BCUT2D eigenvalue weighted by Crippen LogP contribution is 2.49. The molecule has 3 aliphatic rings. The third-order valence-electron chi connectivity index (χ3n) is 24.4. The van der Waals surface area contributed by atoms with Crippen LogP contribution in [0.3, 0.4) is 0 Å². The number of allylic oxidation sites excluding steroid dienone is 2. The van der Waals surface area contributed by atoms with Gasteiger partial charge in [-0.1, -0.05) is 368 Å². The van der Waals surface area contributed by atoms with Crippen LogP contribution in [0, 0.1) is 5.92 Å². The topological polar surface area (TPSA) is 380 Å². The molecule has 1 aliphatic carbocycles. The molecule has 712 valence electrons. The molecule has 2 heterocycles. The average molecular weight is 1750 g/mol. The SMILES string of the molecule is CCCCCC/C=C\CCCCCCCCCC(=O)OCC1OC(OC2C(OC(=O)CCCCCCCCC(C)CCCCCCCC)C(O)C(O)C(OC3OC(CO)C(O)C(O)C3O)C2OP(=O)(O)OCC(COC(=O)CCCCCCCCCCCCCCCCC)OC(=O)CCCCCCCCCCCCCCCCCC)C(O)C(O)C1O. The molecular weight excluding hydrogens is 1570 g/mol. The molecule has 0 amide bonds. The van der Waals surface area contributed by atoms with Gasteiger partial charge in [0.25, 0.3) is 0 Å². The first kappa shape index (κ1) is 112. The van der Waals surface area contributed by atoms with Gasteiger partial charge in [-0.15, -0.1) is 0 Å². The van der Waals surface area contributed by atoms with Gasteiger partial charge in [-0.2, -0.15) is 0 Å². The van der Waals surface area contributed by atoms with Crippen molar-refractivity contribution in [3.63, 3.8) is 0 Å².